The Morgan fingerprint density at radius 1 is 1.41 bits per heavy atom. The van der Waals surface area contributed by atoms with E-state index in [-0.39, 0.29) is 25.5 Å². The van der Waals surface area contributed by atoms with Gasteiger partial charge in [0, 0.05) is 18.3 Å². The van der Waals surface area contributed by atoms with Gasteiger partial charge in [-0.3, -0.25) is 9.78 Å². The fraction of sp³-hybridized carbons (Fsp3) is 0.273. The topological polar surface area (TPSA) is 107 Å². The standard InChI is InChI=1S/C11H11N5O/c12-2-5-16(6-3-13)11(17)9-1-4-15-10(7-9)8-14/h1,4,7H,5-6,8,14H2. The van der Waals surface area contributed by atoms with E-state index in [1.165, 1.54) is 12.3 Å². The van der Waals surface area contributed by atoms with E-state index in [4.69, 9.17) is 16.3 Å². The second-order valence-corrected chi connectivity index (χ2v) is 3.22. The maximum absolute atomic E-state index is 11.9. The Morgan fingerprint density at radius 3 is 2.59 bits per heavy atom. The number of nitrogens with zero attached hydrogens (tertiary/aromatic N) is 4. The summed E-state index contributed by atoms with van der Waals surface area (Å²) in [5.74, 6) is -0.370. The molecule has 0 spiro atoms. The van der Waals surface area contributed by atoms with Crippen molar-refractivity contribution in [1.29, 1.82) is 10.5 Å². The molecule has 1 rings (SSSR count). The molecule has 1 amide bonds. The Labute approximate surface area is 98.9 Å². The maximum Gasteiger partial charge on any atom is 0.255 e. The number of aromatic nitrogens is 1. The largest absolute Gasteiger partial charge is 0.325 e. The predicted octanol–water partition coefficient (Wildman–Crippen LogP) is 0.0297. The van der Waals surface area contributed by atoms with Crippen LogP contribution in [0, 0.1) is 22.7 Å². The van der Waals surface area contributed by atoms with E-state index in [0.717, 1.165) is 4.90 Å². The fourth-order valence-electron chi connectivity index (χ4n) is 1.28. The maximum atomic E-state index is 11.9. The summed E-state index contributed by atoms with van der Waals surface area (Å²) in [7, 11) is 0. The molecular weight excluding hydrogens is 218 g/mol. The van der Waals surface area contributed by atoms with Gasteiger partial charge in [-0.05, 0) is 12.1 Å². The van der Waals surface area contributed by atoms with Gasteiger partial charge in [-0.1, -0.05) is 0 Å². The van der Waals surface area contributed by atoms with E-state index < -0.39 is 0 Å². The van der Waals surface area contributed by atoms with Crippen LogP contribution in [0.3, 0.4) is 0 Å². The van der Waals surface area contributed by atoms with Gasteiger partial charge in [-0.15, -0.1) is 0 Å². The monoisotopic (exact) mass is 229 g/mol. The number of amides is 1. The minimum atomic E-state index is -0.370. The zero-order valence-electron chi connectivity index (χ0n) is 9.13. The van der Waals surface area contributed by atoms with Crippen LogP contribution in [-0.2, 0) is 6.54 Å². The van der Waals surface area contributed by atoms with Crippen molar-refractivity contribution < 1.29 is 4.79 Å². The third-order valence-electron chi connectivity index (χ3n) is 2.08. The van der Waals surface area contributed by atoms with Crippen LogP contribution in [0.5, 0.6) is 0 Å². The second kappa shape index (κ2) is 6.21. The van der Waals surface area contributed by atoms with Crippen molar-refractivity contribution in [3.63, 3.8) is 0 Å². The average Bonchev–Trinajstić information content (AvgIpc) is 2.38. The number of hydrogen-bond acceptors (Lipinski definition) is 5. The number of nitrogens with two attached hydrogens (primary N) is 1. The highest BCUT2D eigenvalue weighted by atomic mass is 16.2. The Morgan fingerprint density at radius 2 is 2.06 bits per heavy atom. The van der Waals surface area contributed by atoms with Gasteiger partial charge in [0.25, 0.3) is 5.91 Å². The van der Waals surface area contributed by atoms with Crippen molar-refractivity contribution >= 4 is 5.91 Å². The lowest BCUT2D eigenvalue weighted by Crippen LogP contribution is -2.31. The van der Waals surface area contributed by atoms with Crippen LogP contribution in [0.1, 0.15) is 16.1 Å². The molecule has 86 valence electrons. The van der Waals surface area contributed by atoms with Gasteiger partial charge in [-0.2, -0.15) is 10.5 Å². The normalized spacial score (nSPS) is 9.12. The van der Waals surface area contributed by atoms with E-state index in [2.05, 4.69) is 4.98 Å². The minimum Gasteiger partial charge on any atom is -0.325 e. The van der Waals surface area contributed by atoms with Crippen LogP contribution >= 0.6 is 0 Å². The molecule has 6 heteroatoms. The van der Waals surface area contributed by atoms with E-state index in [0.29, 0.717) is 11.3 Å². The molecule has 0 radical (unpaired) electrons. The molecule has 0 unspecified atom stereocenters. The molecule has 2 N–H and O–H groups in total. The predicted molar refractivity (Wildman–Crippen MR) is 59.3 cm³/mol. The van der Waals surface area contributed by atoms with Crippen molar-refractivity contribution in [1.82, 2.24) is 9.88 Å². The average molecular weight is 229 g/mol. The third kappa shape index (κ3) is 3.26. The molecule has 0 fully saturated rings. The summed E-state index contributed by atoms with van der Waals surface area (Å²) in [4.78, 5) is 17.1. The Kier molecular flexibility index (Phi) is 4.61. The van der Waals surface area contributed by atoms with Gasteiger partial charge < -0.3 is 10.6 Å². The summed E-state index contributed by atoms with van der Waals surface area (Å²) in [6.45, 7) is -0.00301. The summed E-state index contributed by atoms with van der Waals surface area (Å²) < 4.78 is 0. The molecule has 0 aliphatic rings. The van der Waals surface area contributed by atoms with E-state index in [9.17, 15) is 4.79 Å². The number of hydrogen-bond donors (Lipinski definition) is 1. The van der Waals surface area contributed by atoms with Crippen molar-refractivity contribution in [3.05, 3.63) is 29.6 Å². The first-order valence-corrected chi connectivity index (χ1v) is 4.91. The second-order valence-electron chi connectivity index (χ2n) is 3.22. The van der Waals surface area contributed by atoms with Crippen molar-refractivity contribution in [2.45, 2.75) is 6.54 Å². The number of pyridine rings is 1. The molecule has 0 atom stereocenters. The summed E-state index contributed by atoms with van der Waals surface area (Å²) in [6, 6.07) is 6.78. The first-order valence-electron chi connectivity index (χ1n) is 4.91. The van der Waals surface area contributed by atoms with Crippen LogP contribution in [0.4, 0.5) is 0 Å². The van der Waals surface area contributed by atoms with Crippen molar-refractivity contribution in [2.75, 3.05) is 13.1 Å². The Balaban J connectivity index is 2.93. The molecule has 0 bridgehead atoms. The van der Waals surface area contributed by atoms with Gasteiger partial charge in [-0.25, -0.2) is 0 Å². The fourth-order valence-corrected chi connectivity index (χ4v) is 1.28. The Hall–Kier alpha value is -2.44. The highest BCUT2D eigenvalue weighted by Crippen LogP contribution is 2.05. The van der Waals surface area contributed by atoms with Gasteiger partial charge in [0.05, 0.1) is 17.8 Å². The highest BCUT2D eigenvalue weighted by molar-refractivity contribution is 5.94. The summed E-state index contributed by atoms with van der Waals surface area (Å²) in [5, 5.41) is 17.1. The number of carbonyl (C=O) groups excluding carboxylic acids is 1. The number of rotatable bonds is 4. The molecule has 17 heavy (non-hydrogen) atoms. The van der Waals surface area contributed by atoms with E-state index >= 15 is 0 Å². The molecule has 6 nitrogen and oxygen atoms in total. The number of carbonyl (C=O) groups is 1. The first-order chi connectivity index (χ1) is 8.22. The van der Waals surface area contributed by atoms with Crippen LogP contribution in [0.15, 0.2) is 18.3 Å². The Bertz CT molecular complexity index is 469. The van der Waals surface area contributed by atoms with E-state index in [1.807, 2.05) is 12.1 Å². The SMILES string of the molecule is N#CCN(CC#N)C(=O)c1ccnc(CN)c1. The van der Waals surface area contributed by atoms with Gasteiger partial charge >= 0.3 is 0 Å². The lowest BCUT2D eigenvalue weighted by Gasteiger charge is -2.15. The molecule has 0 aliphatic heterocycles. The summed E-state index contributed by atoms with van der Waals surface area (Å²) >= 11 is 0. The zero-order chi connectivity index (χ0) is 12.7. The summed E-state index contributed by atoms with van der Waals surface area (Å²) in [6.07, 6.45) is 1.48. The lowest BCUT2D eigenvalue weighted by molar-refractivity contribution is 0.0794. The smallest absolute Gasteiger partial charge is 0.255 e. The molecule has 1 aromatic heterocycles. The van der Waals surface area contributed by atoms with Crippen molar-refractivity contribution in [2.24, 2.45) is 5.73 Å². The minimum absolute atomic E-state index is 0.118. The molecule has 0 aliphatic carbocycles. The van der Waals surface area contributed by atoms with Crippen LogP contribution in [-0.4, -0.2) is 28.9 Å². The molecule has 0 saturated heterocycles. The van der Waals surface area contributed by atoms with Gasteiger partial charge in [0.2, 0.25) is 0 Å². The zero-order valence-corrected chi connectivity index (χ0v) is 9.13. The van der Waals surface area contributed by atoms with Crippen LogP contribution in [0.2, 0.25) is 0 Å². The molecule has 0 aromatic carbocycles. The molecular formula is C11H11N5O. The third-order valence-corrected chi connectivity index (χ3v) is 2.08. The molecule has 0 saturated carbocycles. The first kappa shape index (κ1) is 12.6. The van der Waals surface area contributed by atoms with Crippen molar-refractivity contribution in [3.8, 4) is 12.1 Å². The van der Waals surface area contributed by atoms with Gasteiger partial charge in [0.15, 0.2) is 0 Å². The van der Waals surface area contributed by atoms with E-state index in [1.54, 1.807) is 6.07 Å². The van der Waals surface area contributed by atoms with Gasteiger partial charge in [0.1, 0.15) is 13.1 Å². The number of nitriles is 2. The molecule has 1 heterocycles. The molecule has 1 aromatic rings. The lowest BCUT2D eigenvalue weighted by atomic mass is 10.2. The van der Waals surface area contributed by atoms with Crippen LogP contribution in [0.25, 0.3) is 0 Å². The van der Waals surface area contributed by atoms with Crippen LogP contribution < -0.4 is 5.73 Å². The summed E-state index contributed by atoms with van der Waals surface area (Å²) in [5.41, 5.74) is 6.39. The quantitative estimate of drug-likeness (QED) is 0.733. The highest BCUT2D eigenvalue weighted by Gasteiger charge is 2.15.